The average Bonchev–Trinajstić information content (AvgIpc) is 2.15. The van der Waals surface area contributed by atoms with Gasteiger partial charge in [0.05, 0.1) is 32.3 Å². The maximum Gasteiger partial charge on any atom is 0.250 e. The summed E-state index contributed by atoms with van der Waals surface area (Å²) >= 11 is 0. The molecule has 0 amide bonds. The molecule has 0 saturated carbocycles. The highest BCUT2D eigenvalue weighted by Crippen LogP contribution is 2.47. The Bertz CT molecular complexity index is 213. The minimum Gasteiger partial charge on any atom is -0.394 e. The zero-order valence-corrected chi connectivity index (χ0v) is 8.50. The molecule has 0 bridgehead atoms. The standard InChI is InChI=1S/C7H14NO4P/c1-10-13(2,12-7-5-9)11-6-3-4-8/h9H,2-3,5-7H2,1H3. The van der Waals surface area contributed by atoms with Gasteiger partial charge in [0.25, 0.3) is 0 Å². The van der Waals surface area contributed by atoms with Gasteiger partial charge < -0.3 is 18.7 Å². The Labute approximate surface area is 78.1 Å². The number of rotatable bonds is 7. The maximum atomic E-state index is 8.50. The zero-order chi connectivity index (χ0) is 10.2. The largest absolute Gasteiger partial charge is 0.394 e. The SMILES string of the molecule is C=P(OC)(OCCO)OCCC#N. The van der Waals surface area contributed by atoms with E-state index in [1.54, 1.807) is 0 Å². The van der Waals surface area contributed by atoms with Gasteiger partial charge in [0.15, 0.2) is 0 Å². The van der Waals surface area contributed by atoms with Crippen LogP contribution in [-0.4, -0.2) is 38.3 Å². The van der Waals surface area contributed by atoms with E-state index in [-0.39, 0.29) is 26.2 Å². The molecule has 0 aliphatic carbocycles. The fourth-order valence-corrected chi connectivity index (χ4v) is 1.57. The highest BCUT2D eigenvalue weighted by atomic mass is 31.2. The lowest BCUT2D eigenvalue weighted by atomic mass is 10.5. The Morgan fingerprint density at radius 3 is 2.54 bits per heavy atom. The van der Waals surface area contributed by atoms with Gasteiger partial charge in [-0.05, 0) is 6.30 Å². The van der Waals surface area contributed by atoms with Crippen LogP contribution in [-0.2, 0) is 13.6 Å². The summed E-state index contributed by atoms with van der Waals surface area (Å²) in [5.41, 5.74) is 0. The first-order valence-electron chi connectivity index (χ1n) is 3.74. The number of hydrogen-bond acceptors (Lipinski definition) is 5. The predicted molar refractivity (Wildman–Crippen MR) is 50.3 cm³/mol. The molecule has 0 heterocycles. The van der Waals surface area contributed by atoms with Crippen LogP contribution in [0.1, 0.15) is 6.42 Å². The molecule has 13 heavy (non-hydrogen) atoms. The van der Waals surface area contributed by atoms with Crippen molar-refractivity contribution < 1.29 is 18.7 Å². The van der Waals surface area contributed by atoms with E-state index in [4.69, 9.17) is 23.9 Å². The van der Waals surface area contributed by atoms with Gasteiger partial charge in [-0.15, -0.1) is 0 Å². The van der Waals surface area contributed by atoms with Gasteiger partial charge in [0, 0.05) is 7.11 Å². The molecule has 5 nitrogen and oxygen atoms in total. The maximum absolute atomic E-state index is 8.50. The summed E-state index contributed by atoms with van der Waals surface area (Å²) in [6, 6.07) is 1.92. The minimum absolute atomic E-state index is 0.109. The van der Waals surface area contributed by atoms with Gasteiger partial charge in [-0.3, -0.25) is 0 Å². The summed E-state index contributed by atoms with van der Waals surface area (Å²) in [6.07, 6.45) is 3.89. The lowest BCUT2D eigenvalue weighted by Crippen LogP contribution is -2.03. The fraction of sp³-hybridized carbons (Fsp3) is 0.714. The van der Waals surface area contributed by atoms with E-state index in [0.29, 0.717) is 0 Å². The van der Waals surface area contributed by atoms with Crippen molar-refractivity contribution >= 4 is 13.9 Å². The third-order valence-electron chi connectivity index (χ3n) is 1.16. The van der Waals surface area contributed by atoms with Crippen molar-refractivity contribution in [3.05, 3.63) is 0 Å². The number of aliphatic hydroxyl groups excluding tert-OH is 1. The van der Waals surface area contributed by atoms with Gasteiger partial charge in [-0.25, -0.2) is 0 Å². The topological polar surface area (TPSA) is 71.7 Å². The van der Waals surface area contributed by atoms with E-state index in [1.165, 1.54) is 7.11 Å². The lowest BCUT2D eigenvalue weighted by molar-refractivity contribution is 0.145. The molecule has 1 unspecified atom stereocenters. The molecule has 0 radical (unpaired) electrons. The van der Waals surface area contributed by atoms with Crippen LogP contribution >= 0.6 is 7.57 Å². The van der Waals surface area contributed by atoms with E-state index in [2.05, 4.69) is 6.30 Å². The Kier molecular flexibility index (Phi) is 6.87. The summed E-state index contributed by atoms with van der Waals surface area (Å²) in [4.78, 5) is 0. The van der Waals surface area contributed by atoms with Crippen LogP contribution < -0.4 is 0 Å². The summed E-state index contributed by atoms with van der Waals surface area (Å²) in [5.74, 6) is 0. The molecule has 0 fully saturated rings. The molecule has 0 rings (SSSR count). The van der Waals surface area contributed by atoms with Crippen molar-refractivity contribution in [2.75, 3.05) is 26.9 Å². The molecule has 0 saturated heterocycles. The second-order valence-electron chi connectivity index (χ2n) is 2.09. The van der Waals surface area contributed by atoms with Crippen LogP contribution in [0.15, 0.2) is 0 Å². The highest BCUT2D eigenvalue weighted by molar-refractivity contribution is 7.59. The van der Waals surface area contributed by atoms with Crippen molar-refractivity contribution in [2.24, 2.45) is 0 Å². The minimum atomic E-state index is -2.56. The molecular weight excluding hydrogens is 193 g/mol. The van der Waals surface area contributed by atoms with Crippen LogP contribution in [0.2, 0.25) is 0 Å². The second-order valence-corrected chi connectivity index (χ2v) is 4.20. The number of hydrogen-bond donors (Lipinski definition) is 1. The molecule has 0 aliphatic heterocycles. The molecule has 76 valence electrons. The normalized spacial score (nSPS) is 14.8. The van der Waals surface area contributed by atoms with Crippen molar-refractivity contribution in [2.45, 2.75) is 6.42 Å². The van der Waals surface area contributed by atoms with Crippen molar-refractivity contribution in [3.8, 4) is 6.07 Å². The molecule has 0 aliphatic rings. The predicted octanol–water partition coefficient (Wildman–Crippen LogP) is 0.767. The van der Waals surface area contributed by atoms with Crippen molar-refractivity contribution in [3.63, 3.8) is 0 Å². The first kappa shape index (κ1) is 12.6. The lowest BCUT2D eigenvalue weighted by Gasteiger charge is -2.20. The third-order valence-corrected chi connectivity index (χ3v) is 2.87. The van der Waals surface area contributed by atoms with Gasteiger partial charge in [0.1, 0.15) is 0 Å². The molecule has 1 N–H and O–H groups in total. The Morgan fingerprint density at radius 1 is 1.46 bits per heavy atom. The van der Waals surface area contributed by atoms with Gasteiger partial charge >= 0.3 is 0 Å². The third kappa shape index (κ3) is 5.81. The molecule has 6 heteroatoms. The van der Waals surface area contributed by atoms with E-state index >= 15 is 0 Å². The van der Waals surface area contributed by atoms with Crippen LogP contribution in [0.5, 0.6) is 0 Å². The van der Waals surface area contributed by atoms with Crippen LogP contribution in [0, 0.1) is 11.3 Å². The van der Waals surface area contributed by atoms with Gasteiger partial charge in [0.2, 0.25) is 7.57 Å². The Morgan fingerprint density at radius 2 is 2.08 bits per heavy atom. The molecule has 0 spiro atoms. The monoisotopic (exact) mass is 207 g/mol. The van der Waals surface area contributed by atoms with E-state index in [1.807, 2.05) is 6.07 Å². The molecule has 1 atom stereocenters. The van der Waals surface area contributed by atoms with E-state index in [0.717, 1.165) is 0 Å². The van der Waals surface area contributed by atoms with Crippen LogP contribution in [0.25, 0.3) is 0 Å². The van der Waals surface area contributed by atoms with Crippen LogP contribution in [0.3, 0.4) is 0 Å². The molecule has 0 aromatic rings. The number of aliphatic hydroxyl groups is 1. The fourth-order valence-electron chi connectivity index (χ4n) is 0.553. The van der Waals surface area contributed by atoms with E-state index in [9.17, 15) is 0 Å². The number of nitrogens with zero attached hydrogens (tertiary/aromatic N) is 1. The van der Waals surface area contributed by atoms with Crippen molar-refractivity contribution in [1.29, 1.82) is 5.26 Å². The summed E-state index contributed by atoms with van der Waals surface area (Å²) in [6.45, 7) is 0.243. The average molecular weight is 207 g/mol. The summed E-state index contributed by atoms with van der Waals surface area (Å²) in [7, 11) is -1.14. The Hall–Kier alpha value is -0.370. The van der Waals surface area contributed by atoms with Crippen molar-refractivity contribution in [1.82, 2.24) is 0 Å². The molecule has 0 aromatic carbocycles. The highest BCUT2D eigenvalue weighted by Gasteiger charge is 2.14. The first-order valence-corrected chi connectivity index (χ1v) is 5.47. The second kappa shape index (κ2) is 7.07. The molecule has 0 aromatic heterocycles. The smallest absolute Gasteiger partial charge is 0.250 e. The first-order chi connectivity index (χ1) is 6.18. The summed E-state index contributed by atoms with van der Waals surface area (Å²) in [5, 5.41) is 16.8. The van der Waals surface area contributed by atoms with Gasteiger partial charge in [-0.2, -0.15) is 5.26 Å². The molecular formula is C7H14NO4P. The quantitative estimate of drug-likeness (QED) is 0.493. The Balaban J connectivity index is 3.83. The number of nitriles is 1. The zero-order valence-electron chi connectivity index (χ0n) is 7.60. The van der Waals surface area contributed by atoms with Gasteiger partial charge in [-0.1, -0.05) is 0 Å². The summed E-state index contributed by atoms with van der Waals surface area (Å²) < 4.78 is 15.1. The van der Waals surface area contributed by atoms with E-state index < -0.39 is 7.57 Å². The van der Waals surface area contributed by atoms with Crippen LogP contribution in [0.4, 0.5) is 0 Å².